The Morgan fingerprint density at radius 3 is 2.46 bits per heavy atom. The van der Waals surface area contributed by atoms with Gasteiger partial charge in [-0.3, -0.25) is 4.90 Å². The molecule has 4 rings (SSSR count). The lowest BCUT2D eigenvalue weighted by Crippen LogP contribution is -2.37. The highest BCUT2D eigenvalue weighted by atomic mass is 79.9. The summed E-state index contributed by atoms with van der Waals surface area (Å²) in [4.78, 5) is 23.1. The van der Waals surface area contributed by atoms with E-state index >= 15 is 0 Å². The van der Waals surface area contributed by atoms with Crippen LogP contribution in [0.1, 0.15) is 41.6 Å². The van der Waals surface area contributed by atoms with Crippen LogP contribution >= 0.6 is 39.7 Å². The Kier molecular flexibility index (Phi) is 9.52. The summed E-state index contributed by atoms with van der Waals surface area (Å²) in [5.41, 5.74) is 2.57. The maximum absolute atomic E-state index is 11.4. The zero-order valence-corrected chi connectivity index (χ0v) is 24.2. The summed E-state index contributed by atoms with van der Waals surface area (Å²) in [5.74, 6) is 0.875. The van der Waals surface area contributed by atoms with Crippen molar-refractivity contribution >= 4 is 45.6 Å². The molecule has 0 aliphatic carbocycles. The Labute approximate surface area is 235 Å². The molecule has 7 nitrogen and oxygen atoms in total. The van der Waals surface area contributed by atoms with E-state index in [0.29, 0.717) is 31.3 Å². The molecule has 0 saturated heterocycles. The van der Waals surface area contributed by atoms with E-state index in [-0.39, 0.29) is 12.4 Å². The Hall–Kier alpha value is -2.72. The fourth-order valence-electron chi connectivity index (χ4n) is 3.67. The first kappa shape index (κ1) is 28.8. The molecule has 0 aliphatic rings. The molecule has 196 valence electrons. The van der Waals surface area contributed by atoms with Crippen molar-refractivity contribution in [2.24, 2.45) is 0 Å². The maximum Gasteiger partial charge on any atom is 0.347 e. The third-order valence-electron chi connectivity index (χ3n) is 5.61. The molecular formula is C27H29BrClN3O4S. The van der Waals surface area contributed by atoms with E-state index in [2.05, 4.69) is 31.2 Å². The van der Waals surface area contributed by atoms with E-state index < -0.39 is 11.6 Å². The van der Waals surface area contributed by atoms with Gasteiger partial charge in [0.1, 0.15) is 11.5 Å². The number of aryl methyl sites for hydroxylation is 2. The number of rotatable bonds is 10. The molecule has 10 heteroatoms. The summed E-state index contributed by atoms with van der Waals surface area (Å²) in [6, 6.07) is 15.4. The van der Waals surface area contributed by atoms with Gasteiger partial charge in [-0.05, 0) is 63.6 Å². The van der Waals surface area contributed by atoms with Gasteiger partial charge in [0.15, 0.2) is 5.60 Å². The number of thiazole rings is 1. The second-order valence-corrected chi connectivity index (χ2v) is 11.1. The van der Waals surface area contributed by atoms with Gasteiger partial charge in [0.2, 0.25) is 5.89 Å². The van der Waals surface area contributed by atoms with Crippen molar-refractivity contribution in [3.05, 3.63) is 86.1 Å². The number of hydrogen-bond donors (Lipinski definition) is 1. The van der Waals surface area contributed by atoms with Crippen LogP contribution in [-0.2, 0) is 24.4 Å². The lowest BCUT2D eigenvalue weighted by atomic mass is 10.1. The Morgan fingerprint density at radius 2 is 1.84 bits per heavy atom. The van der Waals surface area contributed by atoms with Gasteiger partial charge in [0, 0.05) is 35.1 Å². The molecule has 0 fully saturated rings. The Balaban J connectivity index is 0.00000380. The molecule has 0 atom stereocenters. The third-order valence-corrected chi connectivity index (χ3v) is 6.92. The van der Waals surface area contributed by atoms with E-state index in [0.717, 1.165) is 37.8 Å². The van der Waals surface area contributed by atoms with Gasteiger partial charge in [0.25, 0.3) is 0 Å². The predicted octanol–water partition coefficient (Wildman–Crippen LogP) is 7.04. The largest absolute Gasteiger partial charge is 0.478 e. The smallest absolute Gasteiger partial charge is 0.347 e. The van der Waals surface area contributed by atoms with Crippen molar-refractivity contribution in [2.75, 3.05) is 0 Å². The molecule has 0 bridgehead atoms. The van der Waals surface area contributed by atoms with E-state index in [1.165, 1.54) is 13.8 Å². The van der Waals surface area contributed by atoms with E-state index in [1.807, 2.05) is 50.2 Å². The van der Waals surface area contributed by atoms with Gasteiger partial charge >= 0.3 is 5.97 Å². The lowest BCUT2D eigenvalue weighted by Gasteiger charge is -2.23. The van der Waals surface area contributed by atoms with Crippen molar-refractivity contribution in [1.82, 2.24) is 14.9 Å². The van der Waals surface area contributed by atoms with Crippen LogP contribution in [0.2, 0.25) is 0 Å². The van der Waals surface area contributed by atoms with Crippen molar-refractivity contribution < 1.29 is 19.1 Å². The minimum absolute atomic E-state index is 0. The number of carbonyl (C=O) groups is 1. The molecule has 0 radical (unpaired) electrons. The van der Waals surface area contributed by atoms with E-state index in [9.17, 15) is 9.90 Å². The standard InChI is InChI=1S/C27H28BrN3O4S.ClH/c1-17-24(30-25(34-17)20-6-5-7-21(28)12-20)15-31(14-22-16-36-18(2)29-22)13-19-8-10-23(11-9-19)35-27(3,4)26(32)33;/h5-12,16H,13-15H2,1-4H3,(H,32,33);1H. The number of ether oxygens (including phenoxy) is 1. The van der Waals surface area contributed by atoms with Crippen molar-refractivity contribution in [1.29, 1.82) is 0 Å². The van der Waals surface area contributed by atoms with Crippen LogP contribution in [0, 0.1) is 13.8 Å². The lowest BCUT2D eigenvalue weighted by molar-refractivity contribution is -0.152. The first-order chi connectivity index (χ1) is 17.1. The van der Waals surface area contributed by atoms with Gasteiger partial charge in [-0.2, -0.15) is 0 Å². The predicted molar refractivity (Wildman–Crippen MR) is 150 cm³/mol. The van der Waals surface area contributed by atoms with Crippen LogP contribution in [0.5, 0.6) is 5.75 Å². The van der Waals surface area contributed by atoms with Crippen LogP contribution in [0.4, 0.5) is 0 Å². The highest BCUT2D eigenvalue weighted by molar-refractivity contribution is 9.10. The summed E-state index contributed by atoms with van der Waals surface area (Å²) >= 11 is 5.14. The molecule has 0 unspecified atom stereocenters. The number of nitrogens with zero attached hydrogens (tertiary/aromatic N) is 3. The van der Waals surface area contributed by atoms with Gasteiger partial charge in [-0.25, -0.2) is 14.8 Å². The van der Waals surface area contributed by atoms with E-state index in [1.54, 1.807) is 23.5 Å². The monoisotopic (exact) mass is 605 g/mol. The minimum atomic E-state index is -1.30. The molecule has 0 spiro atoms. The number of carboxylic acids is 1. The number of carboxylic acid groups (broad SMARTS) is 1. The third kappa shape index (κ3) is 7.64. The highest BCUT2D eigenvalue weighted by Gasteiger charge is 2.29. The first-order valence-electron chi connectivity index (χ1n) is 11.5. The Bertz CT molecular complexity index is 1350. The second-order valence-electron chi connectivity index (χ2n) is 9.10. The van der Waals surface area contributed by atoms with Gasteiger partial charge in [-0.15, -0.1) is 23.7 Å². The van der Waals surface area contributed by atoms with Crippen molar-refractivity contribution in [2.45, 2.75) is 52.9 Å². The molecule has 0 amide bonds. The number of benzene rings is 2. The number of oxazole rings is 1. The van der Waals surface area contributed by atoms with Crippen LogP contribution in [0.25, 0.3) is 11.5 Å². The summed E-state index contributed by atoms with van der Waals surface area (Å²) in [5, 5.41) is 12.4. The van der Waals surface area contributed by atoms with Crippen LogP contribution < -0.4 is 4.74 Å². The Morgan fingerprint density at radius 1 is 1.11 bits per heavy atom. The molecule has 2 aromatic heterocycles. The fraction of sp³-hybridized carbons (Fsp3) is 0.296. The normalized spacial score (nSPS) is 11.4. The molecular weight excluding hydrogens is 578 g/mol. The van der Waals surface area contributed by atoms with Crippen LogP contribution in [0.3, 0.4) is 0 Å². The average molecular weight is 607 g/mol. The fourth-order valence-corrected chi connectivity index (χ4v) is 4.67. The van der Waals surface area contributed by atoms with Gasteiger partial charge in [0.05, 0.1) is 16.4 Å². The molecule has 1 N–H and O–H groups in total. The minimum Gasteiger partial charge on any atom is -0.478 e. The number of aliphatic carboxylic acids is 1. The second kappa shape index (κ2) is 12.2. The number of aromatic nitrogens is 2. The molecule has 4 aromatic rings. The number of hydrogen-bond acceptors (Lipinski definition) is 7. The zero-order chi connectivity index (χ0) is 25.9. The van der Waals surface area contributed by atoms with Crippen LogP contribution in [0.15, 0.2) is 62.8 Å². The van der Waals surface area contributed by atoms with E-state index in [4.69, 9.17) is 14.1 Å². The van der Waals surface area contributed by atoms with Gasteiger partial charge in [-0.1, -0.05) is 34.1 Å². The first-order valence-corrected chi connectivity index (χ1v) is 13.1. The SMILES string of the molecule is Cc1nc(CN(Cc2ccc(OC(C)(C)C(=O)O)cc2)Cc2nc(-c3cccc(Br)c3)oc2C)cs1.Cl. The summed E-state index contributed by atoms with van der Waals surface area (Å²) in [7, 11) is 0. The molecule has 2 heterocycles. The zero-order valence-electron chi connectivity index (χ0n) is 21.0. The summed E-state index contributed by atoms with van der Waals surface area (Å²) in [6.07, 6.45) is 0. The molecule has 0 saturated carbocycles. The van der Waals surface area contributed by atoms with Crippen molar-refractivity contribution in [3.63, 3.8) is 0 Å². The van der Waals surface area contributed by atoms with Crippen LogP contribution in [-0.4, -0.2) is 31.5 Å². The summed E-state index contributed by atoms with van der Waals surface area (Å²) < 4.78 is 12.6. The van der Waals surface area contributed by atoms with Gasteiger partial charge < -0.3 is 14.3 Å². The highest BCUT2D eigenvalue weighted by Crippen LogP contribution is 2.26. The summed E-state index contributed by atoms with van der Waals surface area (Å²) in [6.45, 7) is 8.90. The molecule has 37 heavy (non-hydrogen) atoms. The quantitative estimate of drug-likeness (QED) is 0.207. The van der Waals surface area contributed by atoms with Crippen molar-refractivity contribution in [3.8, 4) is 17.2 Å². The molecule has 0 aliphatic heterocycles. The number of halogens is 2. The average Bonchev–Trinajstić information content (AvgIpc) is 3.39. The topological polar surface area (TPSA) is 88.7 Å². The molecule has 2 aromatic carbocycles. The maximum atomic E-state index is 11.4.